The minimum atomic E-state index is -2.94. The van der Waals surface area contributed by atoms with Crippen molar-refractivity contribution in [2.75, 3.05) is 18.6 Å². The molecule has 2 unspecified atom stereocenters. The average Bonchev–Trinajstić information content (AvgIpc) is 2.68. The number of aromatic hydroxyl groups is 2. The van der Waals surface area contributed by atoms with Crippen molar-refractivity contribution in [3.05, 3.63) is 23.8 Å². The van der Waals surface area contributed by atoms with Crippen LogP contribution in [0.15, 0.2) is 18.2 Å². The van der Waals surface area contributed by atoms with Crippen LogP contribution in [0.1, 0.15) is 24.9 Å². The monoisotopic (exact) mass is 285 g/mol. The van der Waals surface area contributed by atoms with E-state index in [1.54, 1.807) is 6.07 Å². The zero-order valence-electron chi connectivity index (χ0n) is 11.1. The summed E-state index contributed by atoms with van der Waals surface area (Å²) >= 11 is 0. The van der Waals surface area contributed by atoms with E-state index < -0.39 is 9.84 Å². The first-order chi connectivity index (χ1) is 8.82. The SMILES string of the molecule is CC(c1c(O)cccc1O)N(C)C1CCS(=O)(=O)C1. The van der Waals surface area contributed by atoms with Gasteiger partial charge >= 0.3 is 0 Å². The van der Waals surface area contributed by atoms with E-state index in [2.05, 4.69) is 0 Å². The van der Waals surface area contributed by atoms with Gasteiger partial charge in [0, 0.05) is 12.1 Å². The normalized spacial score (nSPS) is 23.6. The van der Waals surface area contributed by atoms with Crippen LogP contribution < -0.4 is 0 Å². The zero-order valence-corrected chi connectivity index (χ0v) is 11.9. The second kappa shape index (κ2) is 5.02. The fourth-order valence-corrected chi connectivity index (χ4v) is 4.37. The molecular weight excluding hydrogens is 266 g/mol. The average molecular weight is 285 g/mol. The zero-order chi connectivity index (χ0) is 14.2. The molecule has 5 nitrogen and oxygen atoms in total. The van der Waals surface area contributed by atoms with Crippen LogP contribution in [0.2, 0.25) is 0 Å². The highest BCUT2D eigenvalue weighted by atomic mass is 32.2. The Morgan fingerprint density at radius 1 is 1.32 bits per heavy atom. The molecule has 1 aromatic rings. The van der Waals surface area contributed by atoms with E-state index in [9.17, 15) is 18.6 Å². The number of rotatable bonds is 3. The third-order valence-corrected chi connectivity index (χ3v) is 5.62. The Balaban J connectivity index is 2.22. The lowest BCUT2D eigenvalue weighted by atomic mass is 10.0. The third-order valence-electron chi connectivity index (χ3n) is 3.87. The van der Waals surface area contributed by atoms with Crippen LogP contribution in [0.25, 0.3) is 0 Å². The van der Waals surface area contributed by atoms with Crippen molar-refractivity contribution in [1.29, 1.82) is 0 Å². The van der Waals surface area contributed by atoms with Gasteiger partial charge in [0.05, 0.1) is 17.1 Å². The number of phenolic OH excluding ortho intramolecular Hbond substituents is 2. The Morgan fingerprint density at radius 2 is 1.89 bits per heavy atom. The van der Waals surface area contributed by atoms with Crippen molar-refractivity contribution >= 4 is 9.84 Å². The molecule has 0 aromatic heterocycles. The molecule has 2 rings (SSSR count). The first kappa shape index (κ1) is 14.1. The van der Waals surface area contributed by atoms with Crippen LogP contribution in [0.5, 0.6) is 11.5 Å². The van der Waals surface area contributed by atoms with E-state index in [1.165, 1.54) is 12.1 Å². The molecule has 106 valence electrons. The highest BCUT2D eigenvalue weighted by molar-refractivity contribution is 7.91. The topological polar surface area (TPSA) is 77.8 Å². The fraction of sp³-hybridized carbons (Fsp3) is 0.538. The number of hydrogen-bond donors (Lipinski definition) is 2. The van der Waals surface area contributed by atoms with Crippen molar-refractivity contribution < 1.29 is 18.6 Å². The van der Waals surface area contributed by atoms with Crippen LogP contribution in [-0.4, -0.2) is 48.1 Å². The van der Waals surface area contributed by atoms with Crippen LogP contribution in [0, 0.1) is 0 Å². The fourth-order valence-electron chi connectivity index (χ4n) is 2.59. The molecule has 6 heteroatoms. The van der Waals surface area contributed by atoms with E-state index in [0.29, 0.717) is 12.0 Å². The molecule has 1 heterocycles. The predicted molar refractivity (Wildman–Crippen MR) is 73.0 cm³/mol. The Hall–Kier alpha value is -1.27. The predicted octanol–water partition coefficient (Wildman–Crippen LogP) is 1.28. The third kappa shape index (κ3) is 2.84. The van der Waals surface area contributed by atoms with E-state index in [4.69, 9.17) is 0 Å². The molecule has 1 aliphatic heterocycles. The smallest absolute Gasteiger partial charge is 0.151 e. The maximum absolute atomic E-state index is 11.5. The summed E-state index contributed by atoms with van der Waals surface area (Å²) in [6.45, 7) is 1.85. The van der Waals surface area contributed by atoms with E-state index in [-0.39, 0.29) is 35.1 Å². The molecule has 1 fully saturated rings. The highest BCUT2D eigenvalue weighted by Crippen LogP contribution is 2.36. The maximum atomic E-state index is 11.5. The van der Waals surface area contributed by atoms with Crippen molar-refractivity contribution in [3.63, 3.8) is 0 Å². The van der Waals surface area contributed by atoms with Gasteiger partial charge in [-0.1, -0.05) is 6.07 Å². The van der Waals surface area contributed by atoms with Gasteiger partial charge in [0.25, 0.3) is 0 Å². The molecule has 19 heavy (non-hydrogen) atoms. The van der Waals surface area contributed by atoms with Gasteiger partial charge in [-0.15, -0.1) is 0 Å². The lowest BCUT2D eigenvalue weighted by molar-refractivity contribution is 0.194. The Morgan fingerprint density at radius 3 is 2.37 bits per heavy atom. The van der Waals surface area contributed by atoms with Gasteiger partial charge in [-0.05, 0) is 32.5 Å². The van der Waals surface area contributed by atoms with E-state index in [0.717, 1.165) is 0 Å². The molecule has 2 atom stereocenters. The van der Waals surface area contributed by atoms with Crippen molar-refractivity contribution in [1.82, 2.24) is 4.90 Å². The molecule has 1 saturated heterocycles. The summed E-state index contributed by atoms with van der Waals surface area (Å²) in [5.41, 5.74) is 0.439. The summed E-state index contributed by atoms with van der Waals surface area (Å²) in [6.07, 6.45) is 0.595. The second-order valence-corrected chi connectivity index (χ2v) is 7.34. The largest absolute Gasteiger partial charge is 0.507 e. The molecule has 0 radical (unpaired) electrons. The van der Waals surface area contributed by atoms with Gasteiger partial charge in [0.1, 0.15) is 11.5 Å². The summed E-state index contributed by atoms with van der Waals surface area (Å²) in [7, 11) is -1.12. The number of phenols is 2. The first-order valence-electron chi connectivity index (χ1n) is 6.25. The highest BCUT2D eigenvalue weighted by Gasteiger charge is 2.33. The van der Waals surface area contributed by atoms with Gasteiger partial charge in [0.15, 0.2) is 9.84 Å². The lowest BCUT2D eigenvalue weighted by Crippen LogP contribution is -2.34. The number of hydrogen-bond acceptors (Lipinski definition) is 5. The first-order valence-corrected chi connectivity index (χ1v) is 8.07. The number of nitrogens with zero attached hydrogens (tertiary/aromatic N) is 1. The summed E-state index contributed by atoms with van der Waals surface area (Å²) in [4.78, 5) is 1.90. The van der Waals surface area contributed by atoms with Crippen LogP contribution in [0.3, 0.4) is 0 Å². The van der Waals surface area contributed by atoms with Crippen LogP contribution in [0.4, 0.5) is 0 Å². The van der Waals surface area contributed by atoms with Crippen LogP contribution in [-0.2, 0) is 9.84 Å². The molecule has 1 aromatic carbocycles. The molecule has 1 aliphatic rings. The standard InChI is InChI=1S/C13H19NO4S/c1-9(13-11(15)4-3-5-12(13)16)14(2)10-6-7-19(17,18)8-10/h3-5,9-10,15-16H,6-8H2,1-2H3. The Labute approximate surface area is 113 Å². The van der Waals surface area contributed by atoms with Crippen LogP contribution >= 0.6 is 0 Å². The minimum absolute atomic E-state index is 0.0280. The molecule has 0 amide bonds. The van der Waals surface area contributed by atoms with Gasteiger partial charge < -0.3 is 10.2 Å². The minimum Gasteiger partial charge on any atom is -0.507 e. The molecule has 2 N–H and O–H groups in total. The van der Waals surface area contributed by atoms with E-state index in [1.807, 2.05) is 18.9 Å². The van der Waals surface area contributed by atoms with Crippen molar-refractivity contribution in [2.24, 2.45) is 0 Å². The van der Waals surface area contributed by atoms with Gasteiger partial charge in [-0.3, -0.25) is 4.90 Å². The summed E-state index contributed by atoms with van der Waals surface area (Å²) in [5, 5.41) is 19.7. The van der Waals surface area contributed by atoms with Gasteiger partial charge in [-0.2, -0.15) is 0 Å². The summed E-state index contributed by atoms with van der Waals surface area (Å²) in [5.74, 6) is 0.407. The maximum Gasteiger partial charge on any atom is 0.151 e. The molecular formula is C13H19NO4S. The number of sulfone groups is 1. The molecule has 0 spiro atoms. The quantitative estimate of drug-likeness (QED) is 0.874. The summed E-state index contributed by atoms with van der Waals surface area (Å²) in [6, 6.07) is 4.29. The molecule has 0 aliphatic carbocycles. The lowest BCUT2D eigenvalue weighted by Gasteiger charge is -2.30. The van der Waals surface area contributed by atoms with Crippen molar-refractivity contribution in [3.8, 4) is 11.5 Å². The van der Waals surface area contributed by atoms with Crippen molar-refractivity contribution in [2.45, 2.75) is 25.4 Å². The molecule has 0 saturated carbocycles. The Kier molecular flexibility index (Phi) is 3.73. The van der Waals surface area contributed by atoms with E-state index >= 15 is 0 Å². The summed E-state index contributed by atoms with van der Waals surface area (Å²) < 4.78 is 23.0. The van der Waals surface area contributed by atoms with Gasteiger partial charge in [0.2, 0.25) is 0 Å². The van der Waals surface area contributed by atoms with Gasteiger partial charge in [-0.25, -0.2) is 8.42 Å². The second-order valence-electron chi connectivity index (χ2n) is 5.11. The Bertz CT molecular complexity index is 550. The number of benzene rings is 1. The molecule has 0 bridgehead atoms.